The molecule has 3 fully saturated rings. The van der Waals surface area contributed by atoms with E-state index in [1.807, 2.05) is 20.0 Å². The van der Waals surface area contributed by atoms with E-state index in [-0.39, 0.29) is 11.3 Å². The van der Waals surface area contributed by atoms with Gasteiger partial charge < -0.3 is 14.8 Å². The molecule has 31 heavy (non-hydrogen) atoms. The molecule has 1 N–H and O–H groups in total. The van der Waals surface area contributed by atoms with E-state index in [0.29, 0.717) is 18.0 Å². The van der Waals surface area contributed by atoms with Crippen molar-refractivity contribution >= 4 is 16.9 Å². The van der Waals surface area contributed by atoms with Gasteiger partial charge in [0.15, 0.2) is 5.65 Å². The number of hydrogen-bond acceptors (Lipinski definition) is 6. The fraction of sp³-hybridized carbons (Fsp3) is 0.696. The third-order valence-electron chi connectivity index (χ3n) is 7.07. The zero-order valence-electron chi connectivity index (χ0n) is 18.7. The molecular formula is C23H33N5O3. The van der Waals surface area contributed by atoms with Gasteiger partial charge in [-0.15, -0.1) is 0 Å². The highest BCUT2D eigenvalue weighted by atomic mass is 16.5. The van der Waals surface area contributed by atoms with Crippen LogP contribution >= 0.6 is 0 Å². The second kappa shape index (κ2) is 8.48. The van der Waals surface area contributed by atoms with Crippen molar-refractivity contribution in [3.63, 3.8) is 0 Å². The number of aromatic nitrogens is 3. The van der Waals surface area contributed by atoms with E-state index in [1.165, 1.54) is 0 Å². The highest BCUT2D eigenvalue weighted by Crippen LogP contribution is 2.40. The van der Waals surface area contributed by atoms with E-state index < -0.39 is 0 Å². The Morgan fingerprint density at radius 3 is 2.61 bits per heavy atom. The first-order chi connectivity index (χ1) is 15.0. The van der Waals surface area contributed by atoms with Gasteiger partial charge in [0, 0.05) is 63.5 Å². The number of rotatable bonds is 6. The molecule has 5 rings (SSSR count). The smallest absolute Gasteiger partial charge is 0.252 e. The average Bonchev–Trinajstić information content (AvgIpc) is 3.59. The molecule has 2 aromatic heterocycles. The lowest BCUT2D eigenvalue weighted by Crippen LogP contribution is -2.50. The van der Waals surface area contributed by atoms with Crippen LogP contribution in [0.3, 0.4) is 0 Å². The summed E-state index contributed by atoms with van der Waals surface area (Å²) in [6, 6.07) is 2.00. The number of nitrogens with zero attached hydrogens (tertiary/aromatic N) is 4. The molecule has 8 heteroatoms. The molecule has 1 amide bonds. The van der Waals surface area contributed by atoms with E-state index >= 15 is 0 Å². The van der Waals surface area contributed by atoms with Crippen molar-refractivity contribution in [2.24, 2.45) is 12.5 Å². The summed E-state index contributed by atoms with van der Waals surface area (Å²) in [6.45, 7) is 8.61. The summed E-state index contributed by atoms with van der Waals surface area (Å²) < 4.78 is 13.0. The minimum atomic E-state index is -0.0155. The Hall–Kier alpha value is -2.03. The minimum absolute atomic E-state index is 0.0155. The lowest BCUT2D eigenvalue weighted by Gasteiger charge is -2.42. The number of nitrogens with one attached hydrogen (secondary N) is 1. The molecule has 2 aromatic rings. The van der Waals surface area contributed by atoms with Crippen molar-refractivity contribution in [3.8, 4) is 0 Å². The lowest BCUT2D eigenvalue weighted by molar-refractivity contribution is -0.0283. The van der Waals surface area contributed by atoms with Gasteiger partial charge in [-0.25, -0.2) is 4.98 Å². The summed E-state index contributed by atoms with van der Waals surface area (Å²) in [5.74, 6) is 0.465. The third-order valence-corrected chi connectivity index (χ3v) is 7.07. The van der Waals surface area contributed by atoms with Gasteiger partial charge in [0.05, 0.1) is 29.9 Å². The van der Waals surface area contributed by atoms with Gasteiger partial charge in [-0.3, -0.25) is 14.4 Å². The average molecular weight is 428 g/mol. The molecule has 0 aromatic carbocycles. The summed E-state index contributed by atoms with van der Waals surface area (Å²) >= 11 is 0. The quantitative estimate of drug-likeness (QED) is 0.760. The molecule has 3 aliphatic rings. The van der Waals surface area contributed by atoms with Gasteiger partial charge in [0.25, 0.3) is 5.91 Å². The van der Waals surface area contributed by atoms with Crippen LogP contribution in [-0.4, -0.2) is 78.2 Å². The van der Waals surface area contributed by atoms with E-state index in [4.69, 9.17) is 14.5 Å². The first kappa shape index (κ1) is 20.8. The van der Waals surface area contributed by atoms with Gasteiger partial charge in [-0.1, -0.05) is 0 Å². The Bertz CT molecular complexity index is 956. The lowest BCUT2D eigenvalue weighted by atomic mass is 9.79. The number of ether oxygens (including phenoxy) is 2. The van der Waals surface area contributed by atoms with E-state index in [9.17, 15) is 4.79 Å². The first-order valence-electron chi connectivity index (χ1n) is 11.5. The fourth-order valence-corrected chi connectivity index (χ4v) is 5.02. The Balaban J connectivity index is 1.38. The molecule has 0 radical (unpaired) electrons. The molecule has 0 spiro atoms. The molecule has 0 unspecified atom stereocenters. The number of hydrogen-bond donors (Lipinski definition) is 1. The number of amides is 1. The predicted octanol–water partition coefficient (Wildman–Crippen LogP) is 2.01. The van der Waals surface area contributed by atoms with Crippen molar-refractivity contribution < 1.29 is 14.3 Å². The van der Waals surface area contributed by atoms with Crippen LogP contribution in [0.1, 0.15) is 53.3 Å². The van der Waals surface area contributed by atoms with Crippen LogP contribution < -0.4 is 5.32 Å². The zero-order chi connectivity index (χ0) is 21.4. The summed E-state index contributed by atoms with van der Waals surface area (Å²) in [6.07, 6.45) is 4.24. The van der Waals surface area contributed by atoms with Crippen LogP contribution in [0.5, 0.6) is 0 Å². The summed E-state index contributed by atoms with van der Waals surface area (Å²) in [5, 5.41) is 8.70. The summed E-state index contributed by atoms with van der Waals surface area (Å²) in [4.78, 5) is 20.8. The number of morpholine rings is 1. The fourth-order valence-electron chi connectivity index (χ4n) is 5.02. The highest BCUT2D eigenvalue weighted by molar-refractivity contribution is 6.06. The van der Waals surface area contributed by atoms with Gasteiger partial charge in [-0.2, -0.15) is 5.10 Å². The van der Waals surface area contributed by atoms with Crippen LogP contribution in [-0.2, 0) is 16.5 Å². The van der Waals surface area contributed by atoms with Crippen LogP contribution in [0.2, 0.25) is 0 Å². The SMILES string of the molecule is Cc1nn(C)c2nc(C3CC3)cc(C(=O)NCC3(CN4CCOCC4)CCOCC3)c12. The van der Waals surface area contributed by atoms with Gasteiger partial charge in [-0.05, 0) is 38.7 Å². The van der Waals surface area contributed by atoms with Crippen molar-refractivity contribution in [1.29, 1.82) is 0 Å². The van der Waals surface area contributed by atoms with E-state index in [0.717, 1.165) is 94.2 Å². The molecule has 2 saturated heterocycles. The maximum atomic E-state index is 13.5. The van der Waals surface area contributed by atoms with E-state index in [1.54, 1.807) is 4.68 Å². The monoisotopic (exact) mass is 427 g/mol. The molecule has 0 bridgehead atoms. The Morgan fingerprint density at radius 2 is 1.90 bits per heavy atom. The molecule has 1 aliphatic carbocycles. The third kappa shape index (κ3) is 4.33. The number of pyridine rings is 1. The standard InChI is InChI=1S/C23H33N5O3/c1-16-20-18(13-19(17-3-4-17)25-21(20)27(2)26-16)22(29)24-14-23(5-9-30-10-6-23)15-28-7-11-31-12-8-28/h13,17H,3-12,14-15H2,1-2H3,(H,24,29). The zero-order valence-corrected chi connectivity index (χ0v) is 18.7. The van der Waals surface area contributed by atoms with Crippen molar-refractivity contribution in [1.82, 2.24) is 25.0 Å². The van der Waals surface area contributed by atoms with Crippen molar-refractivity contribution in [3.05, 3.63) is 23.0 Å². The van der Waals surface area contributed by atoms with Crippen LogP contribution in [0.4, 0.5) is 0 Å². The minimum Gasteiger partial charge on any atom is -0.381 e. The second-order valence-corrected chi connectivity index (χ2v) is 9.46. The van der Waals surface area contributed by atoms with Crippen LogP contribution in [0, 0.1) is 12.3 Å². The van der Waals surface area contributed by atoms with Gasteiger partial charge in [0.1, 0.15) is 0 Å². The van der Waals surface area contributed by atoms with E-state index in [2.05, 4.69) is 15.3 Å². The molecule has 4 heterocycles. The largest absolute Gasteiger partial charge is 0.381 e. The van der Waals surface area contributed by atoms with Gasteiger partial charge >= 0.3 is 0 Å². The maximum absolute atomic E-state index is 13.5. The highest BCUT2D eigenvalue weighted by Gasteiger charge is 2.36. The number of carbonyl (C=O) groups excluding carboxylic acids is 1. The van der Waals surface area contributed by atoms with Gasteiger partial charge in [0.2, 0.25) is 0 Å². The Labute approximate surface area is 183 Å². The number of fused-ring (bicyclic) bond motifs is 1. The normalized spacial score (nSPS) is 22.0. The summed E-state index contributed by atoms with van der Waals surface area (Å²) in [5.41, 5.74) is 3.44. The van der Waals surface area contributed by atoms with Crippen LogP contribution in [0.25, 0.3) is 11.0 Å². The molecule has 0 atom stereocenters. The summed E-state index contributed by atoms with van der Waals surface area (Å²) in [7, 11) is 1.90. The van der Waals surface area contributed by atoms with Crippen molar-refractivity contribution in [2.45, 2.75) is 38.5 Å². The molecule has 1 saturated carbocycles. The molecule has 2 aliphatic heterocycles. The topological polar surface area (TPSA) is 81.5 Å². The Kier molecular flexibility index (Phi) is 5.71. The maximum Gasteiger partial charge on any atom is 0.252 e. The molecular weight excluding hydrogens is 394 g/mol. The van der Waals surface area contributed by atoms with Crippen LogP contribution in [0.15, 0.2) is 6.07 Å². The first-order valence-corrected chi connectivity index (χ1v) is 11.5. The molecule has 168 valence electrons. The Morgan fingerprint density at radius 1 is 1.19 bits per heavy atom. The number of aryl methyl sites for hydroxylation is 2. The second-order valence-electron chi connectivity index (χ2n) is 9.46. The predicted molar refractivity (Wildman–Crippen MR) is 117 cm³/mol. The molecule has 8 nitrogen and oxygen atoms in total. The number of carbonyl (C=O) groups is 1. The van der Waals surface area contributed by atoms with Crippen molar-refractivity contribution in [2.75, 3.05) is 52.6 Å².